The third-order valence-electron chi connectivity index (χ3n) is 3.29. The molecule has 0 saturated carbocycles. The predicted molar refractivity (Wildman–Crippen MR) is 72.0 cm³/mol. The van der Waals surface area contributed by atoms with E-state index in [0.717, 1.165) is 6.20 Å². The van der Waals surface area contributed by atoms with Gasteiger partial charge in [0.25, 0.3) is 5.56 Å². The van der Waals surface area contributed by atoms with E-state index in [0.29, 0.717) is 5.52 Å². The summed E-state index contributed by atoms with van der Waals surface area (Å²) in [6, 6.07) is 0. The number of nitrogens with zero attached hydrogens (tertiary/aromatic N) is 3. The highest BCUT2D eigenvalue weighted by molar-refractivity contribution is 7.71. The van der Waals surface area contributed by atoms with Gasteiger partial charge in [0.1, 0.15) is 23.8 Å². The van der Waals surface area contributed by atoms with E-state index in [4.69, 9.17) is 22.1 Å². The summed E-state index contributed by atoms with van der Waals surface area (Å²) in [6.07, 6.45) is -1.85. The van der Waals surface area contributed by atoms with Crippen molar-refractivity contribution in [2.45, 2.75) is 24.5 Å². The van der Waals surface area contributed by atoms with Gasteiger partial charge in [0.05, 0.1) is 12.8 Å². The van der Waals surface area contributed by atoms with Crippen molar-refractivity contribution in [3.63, 3.8) is 0 Å². The molecule has 3 rings (SSSR count). The van der Waals surface area contributed by atoms with Crippen LogP contribution in [0.15, 0.2) is 17.2 Å². The van der Waals surface area contributed by atoms with E-state index in [2.05, 4.69) is 15.0 Å². The van der Waals surface area contributed by atoms with Crippen LogP contribution in [0, 0.1) is 4.77 Å². The normalized spacial score (nSPS) is 29.1. The Morgan fingerprint density at radius 3 is 2.86 bits per heavy atom. The maximum Gasteiger partial charge on any atom is 0.268 e. The predicted octanol–water partition coefficient (Wildman–Crippen LogP) is -1.54. The number of H-pyrrole nitrogens is 1. The quantitative estimate of drug-likeness (QED) is 0.490. The third-order valence-corrected chi connectivity index (χ3v) is 3.59. The molecule has 4 atom stereocenters. The van der Waals surface area contributed by atoms with Gasteiger partial charge < -0.3 is 25.0 Å². The average Bonchev–Trinajstić information content (AvgIpc) is 2.74. The standard InChI is InChI=1S/C11H12N4O5S/c16-3-5-7(18)8(19)10(20-5)15-2-4-9(14-11(15)21)13-6(17)1-12-4/h1-2,5,7-8,10,16,18-19H,3H2,(H,13,14,17,21)/t5-,7+,8?,10-/m1/s1. The average molecular weight is 312 g/mol. The van der Waals surface area contributed by atoms with Crippen LogP contribution in [0.3, 0.4) is 0 Å². The Morgan fingerprint density at radius 1 is 1.43 bits per heavy atom. The topological polar surface area (TPSA) is 133 Å². The smallest absolute Gasteiger partial charge is 0.268 e. The summed E-state index contributed by atoms with van der Waals surface area (Å²) < 4.78 is 6.75. The zero-order valence-corrected chi connectivity index (χ0v) is 11.4. The largest absolute Gasteiger partial charge is 0.394 e. The Morgan fingerprint density at radius 2 is 2.19 bits per heavy atom. The van der Waals surface area contributed by atoms with E-state index in [1.807, 2.05) is 0 Å². The van der Waals surface area contributed by atoms with Crippen molar-refractivity contribution in [1.82, 2.24) is 19.5 Å². The molecule has 2 aromatic rings. The highest BCUT2D eigenvalue weighted by Crippen LogP contribution is 2.29. The lowest BCUT2D eigenvalue weighted by Gasteiger charge is -2.18. The molecule has 1 fully saturated rings. The summed E-state index contributed by atoms with van der Waals surface area (Å²) in [5.74, 6) is 0. The fourth-order valence-corrected chi connectivity index (χ4v) is 2.46. The number of hydrogen-bond donors (Lipinski definition) is 4. The zero-order chi connectivity index (χ0) is 15.1. The lowest BCUT2D eigenvalue weighted by molar-refractivity contribution is -0.0539. The molecule has 21 heavy (non-hydrogen) atoms. The summed E-state index contributed by atoms with van der Waals surface area (Å²) in [4.78, 5) is 21.6. The number of nitrogens with one attached hydrogen (secondary N) is 1. The number of hydrogen-bond acceptors (Lipinski definition) is 8. The van der Waals surface area contributed by atoms with Crippen molar-refractivity contribution in [3.05, 3.63) is 27.5 Å². The molecule has 0 aromatic carbocycles. The Balaban J connectivity index is 2.09. The molecule has 1 aliphatic heterocycles. The van der Waals surface area contributed by atoms with Gasteiger partial charge in [0.2, 0.25) is 4.77 Å². The van der Waals surface area contributed by atoms with Gasteiger partial charge in [-0.1, -0.05) is 0 Å². The number of aliphatic hydroxyl groups excluding tert-OH is 3. The first-order valence-corrected chi connectivity index (χ1v) is 6.53. The van der Waals surface area contributed by atoms with E-state index in [-0.39, 0.29) is 10.4 Å². The van der Waals surface area contributed by atoms with Crippen LogP contribution in [0.25, 0.3) is 11.2 Å². The second-order valence-corrected chi connectivity index (χ2v) is 5.01. The second-order valence-electron chi connectivity index (χ2n) is 4.64. The summed E-state index contributed by atoms with van der Waals surface area (Å²) in [5.41, 5.74) is 0.159. The van der Waals surface area contributed by atoms with Gasteiger partial charge in [-0.05, 0) is 12.2 Å². The molecular weight excluding hydrogens is 300 g/mol. The van der Waals surface area contributed by atoms with Gasteiger partial charge in [-0.15, -0.1) is 0 Å². The molecule has 10 heteroatoms. The minimum Gasteiger partial charge on any atom is -0.394 e. The zero-order valence-electron chi connectivity index (χ0n) is 10.6. The van der Waals surface area contributed by atoms with Crippen molar-refractivity contribution in [1.29, 1.82) is 0 Å². The summed E-state index contributed by atoms with van der Waals surface area (Å²) in [5, 5.41) is 28.8. The highest BCUT2D eigenvalue weighted by atomic mass is 32.1. The lowest BCUT2D eigenvalue weighted by Crippen LogP contribution is -2.33. The monoisotopic (exact) mass is 312 g/mol. The third kappa shape index (κ3) is 2.36. The van der Waals surface area contributed by atoms with Crippen molar-refractivity contribution in [2.75, 3.05) is 6.61 Å². The summed E-state index contributed by atoms with van der Waals surface area (Å²) in [6.45, 7) is -0.436. The van der Waals surface area contributed by atoms with Crippen LogP contribution in [-0.4, -0.2) is 59.8 Å². The van der Waals surface area contributed by atoms with Gasteiger partial charge in [0.15, 0.2) is 11.9 Å². The van der Waals surface area contributed by atoms with Crippen LogP contribution in [0.1, 0.15) is 6.23 Å². The molecule has 9 nitrogen and oxygen atoms in total. The van der Waals surface area contributed by atoms with E-state index < -0.39 is 36.7 Å². The van der Waals surface area contributed by atoms with Gasteiger partial charge in [-0.25, -0.2) is 4.98 Å². The number of rotatable bonds is 2. The van der Waals surface area contributed by atoms with E-state index >= 15 is 0 Å². The van der Waals surface area contributed by atoms with Crippen LogP contribution in [0.2, 0.25) is 0 Å². The summed E-state index contributed by atoms with van der Waals surface area (Å²) >= 11 is 5.09. The molecule has 0 amide bonds. The van der Waals surface area contributed by atoms with Crippen molar-refractivity contribution < 1.29 is 20.1 Å². The van der Waals surface area contributed by atoms with E-state index in [9.17, 15) is 15.0 Å². The van der Waals surface area contributed by atoms with Crippen LogP contribution in [0.5, 0.6) is 0 Å². The molecule has 112 valence electrons. The second kappa shape index (κ2) is 5.24. The first-order chi connectivity index (χ1) is 10.0. The van der Waals surface area contributed by atoms with Gasteiger partial charge >= 0.3 is 0 Å². The molecule has 0 bridgehead atoms. The molecule has 4 N–H and O–H groups in total. The maximum absolute atomic E-state index is 11.2. The first kappa shape index (κ1) is 14.2. The van der Waals surface area contributed by atoms with Crippen LogP contribution in [0.4, 0.5) is 0 Å². The minimum atomic E-state index is -1.27. The number of fused-ring (bicyclic) bond motifs is 1. The fraction of sp³-hybridized carbons (Fsp3) is 0.455. The molecule has 0 spiro atoms. The molecule has 2 aromatic heterocycles. The number of aromatic nitrogens is 4. The Labute approximate surface area is 122 Å². The molecule has 1 unspecified atom stereocenters. The van der Waals surface area contributed by atoms with Crippen molar-refractivity contribution in [2.24, 2.45) is 0 Å². The number of aliphatic hydroxyl groups is 3. The SMILES string of the molecule is O=c1cnc2cn([C@@H]3O[C@H](CO)[C@H](O)C3O)c(=S)nc2[nH]1. The van der Waals surface area contributed by atoms with E-state index in [1.54, 1.807) is 0 Å². The molecule has 0 radical (unpaired) electrons. The molecule has 1 saturated heterocycles. The minimum absolute atomic E-state index is 0.0426. The highest BCUT2D eigenvalue weighted by Gasteiger charge is 2.43. The van der Waals surface area contributed by atoms with Gasteiger partial charge in [-0.2, -0.15) is 4.98 Å². The van der Waals surface area contributed by atoms with Crippen molar-refractivity contribution in [3.8, 4) is 0 Å². The molecule has 3 heterocycles. The molecular formula is C11H12N4O5S. The summed E-state index contributed by atoms with van der Waals surface area (Å²) in [7, 11) is 0. The van der Waals surface area contributed by atoms with E-state index in [1.165, 1.54) is 10.8 Å². The van der Waals surface area contributed by atoms with Gasteiger partial charge in [0, 0.05) is 6.20 Å². The number of ether oxygens (including phenoxy) is 1. The molecule has 0 aliphatic carbocycles. The lowest BCUT2D eigenvalue weighted by atomic mass is 10.1. The Kier molecular flexibility index (Phi) is 3.55. The van der Waals surface area contributed by atoms with Crippen LogP contribution in [-0.2, 0) is 4.74 Å². The number of aromatic amines is 1. The van der Waals surface area contributed by atoms with Crippen LogP contribution < -0.4 is 5.56 Å². The van der Waals surface area contributed by atoms with Crippen LogP contribution >= 0.6 is 12.2 Å². The fourth-order valence-electron chi connectivity index (χ4n) is 2.21. The molecule has 1 aliphatic rings. The maximum atomic E-state index is 11.2. The van der Waals surface area contributed by atoms with Gasteiger partial charge in [-0.3, -0.25) is 9.36 Å². The Bertz CT molecular complexity index is 790. The Hall–Kier alpha value is -1.72. The first-order valence-electron chi connectivity index (χ1n) is 6.12. The van der Waals surface area contributed by atoms with Crippen molar-refractivity contribution >= 4 is 23.4 Å².